The van der Waals surface area contributed by atoms with Crippen LogP contribution >= 0.6 is 34.8 Å². The summed E-state index contributed by atoms with van der Waals surface area (Å²) in [6, 6.07) is 2.11. The highest BCUT2D eigenvalue weighted by molar-refractivity contribution is 6.48. The van der Waals surface area contributed by atoms with Crippen LogP contribution in [-0.2, 0) is 11.0 Å². The molecule has 0 saturated carbocycles. The highest BCUT2D eigenvalue weighted by Crippen LogP contribution is 2.41. The van der Waals surface area contributed by atoms with Crippen molar-refractivity contribution in [3.63, 3.8) is 0 Å². The minimum absolute atomic E-state index is 0.192. The number of carbonyl (C=O) groups excluding carboxylic acids is 2. The maximum Gasteiger partial charge on any atom is 0.417 e. The number of hydrogen-bond donors (Lipinski definition) is 2. The Bertz CT molecular complexity index is 1240. The van der Waals surface area contributed by atoms with Gasteiger partial charge >= 0.3 is 18.5 Å². The zero-order valence-electron chi connectivity index (χ0n) is 19.3. The molecule has 4 nitrogen and oxygen atoms in total. The normalized spacial score (nSPS) is 14.3. The van der Waals surface area contributed by atoms with Crippen molar-refractivity contribution in [2.24, 2.45) is 0 Å². The fourth-order valence-electron chi connectivity index (χ4n) is 3.15. The van der Waals surface area contributed by atoms with E-state index in [1.54, 1.807) is 0 Å². The molecule has 0 aliphatic carbocycles. The molecule has 0 heterocycles. The Morgan fingerprint density at radius 2 is 1.49 bits per heavy atom. The maximum absolute atomic E-state index is 13.7. The van der Waals surface area contributed by atoms with Crippen molar-refractivity contribution >= 4 is 52.7 Å². The molecule has 2 amide bonds. The van der Waals surface area contributed by atoms with E-state index in [0.717, 1.165) is 31.2 Å². The van der Waals surface area contributed by atoms with Crippen LogP contribution in [0, 0.1) is 0 Å². The molecule has 0 bridgehead atoms. The van der Waals surface area contributed by atoms with Crippen LogP contribution in [0.3, 0.4) is 0 Å². The molecule has 0 aliphatic rings. The molecule has 0 radical (unpaired) electrons. The van der Waals surface area contributed by atoms with Gasteiger partial charge in [-0.3, -0.25) is 9.59 Å². The van der Waals surface area contributed by atoms with Gasteiger partial charge in [0.15, 0.2) is 0 Å². The fraction of sp³-hybridized carbons (Fsp3) is 0.304. The molecule has 2 atom stereocenters. The van der Waals surface area contributed by atoms with Crippen LogP contribution < -0.4 is 10.6 Å². The summed E-state index contributed by atoms with van der Waals surface area (Å²) < 4.78 is 119. The van der Waals surface area contributed by atoms with E-state index >= 15 is 0 Å². The van der Waals surface area contributed by atoms with Crippen LogP contribution in [0.2, 0.25) is 15.1 Å². The molecule has 214 valence electrons. The van der Waals surface area contributed by atoms with Crippen molar-refractivity contribution in [1.29, 1.82) is 0 Å². The molecule has 0 fully saturated rings. The molecule has 2 N–H and O–H groups in total. The zero-order valence-corrected chi connectivity index (χ0v) is 21.5. The minimum atomic E-state index is -5.17. The largest absolute Gasteiger partial charge is 0.417 e. The first-order valence-corrected chi connectivity index (χ1v) is 11.6. The Morgan fingerprint density at radius 1 is 0.923 bits per heavy atom. The van der Waals surface area contributed by atoms with Gasteiger partial charge in [-0.25, -0.2) is 0 Å². The number of carbonyl (C=O) groups is 2. The predicted octanol–water partition coefficient (Wildman–Crippen LogP) is 7.82. The van der Waals surface area contributed by atoms with Crippen molar-refractivity contribution in [3.05, 3.63) is 73.7 Å². The van der Waals surface area contributed by atoms with Gasteiger partial charge in [-0.2, -0.15) is 39.5 Å². The number of nitrogens with one attached hydrogen (secondary N) is 2. The number of halogens is 12. The third kappa shape index (κ3) is 9.21. The van der Waals surface area contributed by atoms with Gasteiger partial charge in [0, 0.05) is 0 Å². The van der Waals surface area contributed by atoms with Crippen LogP contribution in [0.4, 0.5) is 39.5 Å². The first-order chi connectivity index (χ1) is 17.7. The quantitative estimate of drug-likeness (QED) is 0.242. The summed E-state index contributed by atoms with van der Waals surface area (Å²) in [7, 11) is 0. The van der Waals surface area contributed by atoms with E-state index in [-0.39, 0.29) is 20.6 Å². The van der Waals surface area contributed by atoms with E-state index in [1.165, 1.54) is 5.32 Å². The van der Waals surface area contributed by atoms with Gasteiger partial charge in [0.2, 0.25) is 5.91 Å². The van der Waals surface area contributed by atoms with Crippen molar-refractivity contribution < 1.29 is 49.1 Å². The van der Waals surface area contributed by atoms with E-state index in [2.05, 4.69) is 0 Å². The number of alkyl halides is 9. The first-order valence-electron chi connectivity index (χ1n) is 10.5. The van der Waals surface area contributed by atoms with Gasteiger partial charge in [-0.15, -0.1) is 0 Å². The molecule has 0 aliphatic heterocycles. The number of rotatable bonds is 7. The summed E-state index contributed by atoms with van der Waals surface area (Å²) in [6.45, 7) is -0.783. The van der Waals surface area contributed by atoms with E-state index in [0.29, 0.717) is 18.2 Å². The second-order valence-corrected chi connectivity index (χ2v) is 9.20. The third-order valence-electron chi connectivity index (χ3n) is 5.00. The van der Waals surface area contributed by atoms with Crippen molar-refractivity contribution in [1.82, 2.24) is 10.6 Å². The Labute approximate surface area is 230 Å². The SMILES string of the molecule is C[C@@H](NC(=O)c1ccc(/C=C\C(c2cc(Cl)c(Cl)c(Cl)c2)C(F)(F)F)cc1C(F)(F)F)C(=O)NCC(F)(F)F. The van der Waals surface area contributed by atoms with Crippen molar-refractivity contribution in [2.45, 2.75) is 37.4 Å². The average Bonchev–Trinajstić information content (AvgIpc) is 2.78. The Balaban J connectivity index is 2.37. The van der Waals surface area contributed by atoms with Gasteiger partial charge < -0.3 is 10.6 Å². The summed E-state index contributed by atoms with van der Waals surface area (Å²) >= 11 is 17.3. The molecule has 2 aromatic rings. The van der Waals surface area contributed by atoms with Gasteiger partial charge in [0.25, 0.3) is 5.91 Å². The topological polar surface area (TPSA) is 58.2 Å². The molecule has 0 spiro atoms. The third-order valence-corrected chi connectivity index (χ3v) is 6.19. The summed E-state index contributed by atoms with van der Waals surface area (Å²) in [4.78, 5) is 24.1. The summed E-state index contributed by atoms with van der Waals surface area (Å²) in [5.74, 6) is -5.11. The highest BCUT2D eigenvalue weighted by Gasteiger charge is 2.40. The lowest BCUT2D eigenvalue weighted by Gasteiger charge is -2.19. The average molecular weight is 630 g/mol. The standard InChI is InChI=1S/C23H16Cl3F9N2O2/c1-10(19(38)36-9-21(27,28)29)37-20(39)13-4-2-11(6-15(13)23(33,34)35)3-5-14(22(30,31)32)12-7-16(24)18(26)17(25)8-12/h2-8,10,14H,9H2,1H3,(H,36,38)(H,37,39)/b5-3-/t10-,14?/m1/s1. The smallest absolute Gasteiger partial charge is 0.345 e. The second kappa shape index (κ2) is 12.3. The van der Waals surface area contributed by atoms with Crippen LogP contribution in [0.15, 0.2) is 36.4 Å². The van der Waals surface area contributed by atoms with Gasteiger partial charge in [0.1, 0.15) is 12.6 Å². The van der Waals surface area contributed by atoms with Crippen LogP contribution in [0.25, 0.3) is 6.08 Å². The minimum Gasteiger partial charge on any atom is -0.345 e. The van der Waals surface area contributed by atoms with Gasteiger partial charge in [-0.05, 0) is 42.3 Å². The molecule has 0 aromatic heterocycles. The van der Waals surface area contributed by atoms with E-state index in [9.17, 15) is 49.1 Å². The lowest BCUT2D eigenvalue weighted by Crippen LogP contribution is -2.47. The summed E-state index contributed by atoms with van der Waals surface area (Å²) in [5.41, 5.74) is -3.40. The van der Waals surface area contributed by atoms with Crippen molar-refractivity contribution in [2.75, 3.05) is 6.54 Å². The lowest BCUT2D eigenvalue weighted by atomic mass is 9.96. The Morgan fingerprint density at radius 3 is 1.97 bits per heavy atom. The lowest BCUT2D eigenvalue weighted by molar-refractivity contribution is -0.139. The van der Waals surface area contributed by atoms with Gasteiger partial charge in [0.05, 0.1) is 32.1 Å². The Kier molecular flexibility index (Phi) is 10.2. The molecule has 1 unspecified atom stereocenters. The predicted molar refractivity (Wildman–Crippen MR) is 127 cm³/mol. The van der Waals surface area contributed by atoms with Crippen LogP contribution in [0.1, 0.15) is 39.9 Å². The number of allylic oxidation sites excluding steroid dienone is 1. The van der Waals surface area contributed by atoms with E-state index < -0.39 is 65.5 Å². The first kappa shape index (κ1) is 32.6. The molecule has 39 heavy (non-hydrogen) atoms. The zero-order chi connectivity index (χ0) is 29.9. The fourth-order valence-corrected chi connectivity index (χ4v) is 3.76. The molecular weight excluding hydrogens is 614 g/mol. The molecule has 2 aromatic carbocycles. The number of amides is 2. The van der Waals surface area contributed by atoms with Crippen LogP contribution in [-0.4, -0.2) is 36.8 Å². The number of benzene rings is 2. The van der Waals surface area contributed by atoms with Gasteiger partial charge in [-0.1, -0.05) is 53.0 Å². The van der Waals surface area contributed by atoms with E-state index in [1.807, 2.05) is 5.32 Å². The molecule has 0 saturated heterocycles. The molecule has 16 heteroatoms. The van der Waals surface area contributed by atoms with Crippen LogP contribution in [0.5, 0.6) is 0 Å². The maximum atomic E-state index is 13.7. The second-order valence-electron chi connectivity index (χ2n) is 8.01. The summed E-state index contributed by atoms with van der Waals surface area (Å²) in [6.07, 6.45) is -13.5. The molecule has 2 rings (SSSR count). The van der Waals surface area contributed by atoms with Crippen molar-refractivity contribution in [3.8, 4) is 0 Å². The highest BCUT2D eigenvalue weighted by atomic mass is 35.5. The molecular formula is C23H16Cl3F9N2O2. The Hall–Kier alpha value is -2.64. The van der Waals surface area contributed by atoms with E-state index in [4.69, 9.17) is 34.8 Å². The summed E-state index contributed by atoms with van der Waals surface area (Å²) in [5, 5.41) is 2.57. The monoisotopic (exact) mass is 628 g/mol. The number of hydrogen-bond acceptors (Lipinski definition) is 2.